The number of carbonyl (C=O) groups excluding carboxylic acids is 2. The first-order valence-corrected chi connectivity index (χ1v) is 10.6. The lowest BCUT2D eigenvalue weighted by Gasteiger charge is -2.11. The molecule has 1 aromatic heterocycles. The molecule has 1 aliphatic rings. The summed E-state index contributed by atoms with van der Waals surface area (Å²) < 4.78 is 0. The first kappa shape index (κ1) is 21.0. The third-order valence-electron chi connectivity index (χ3n) is 4.43. The number of aliphatic imine (C=N–C) groups is 1. The molecule has 0 saturated carbocycles. The molecule has 156 valence electrons. The van der Waals surface area contributed by atoms with E-state index >= 15 is 0 Å². The molecule has 0 aliphatic carbocycles. The number of amides is 2. The summed E-state index contributed by atoms with van der Waals surface area (Å²) in [6, 6.07) is 14.0. The molecule has 0 unspecified atom stereocenters. The maximum absolute atomic E-state index is 12.4. The molecule has 0 radical (unpaired) electrons. The van der Waals surface area contributed by atoms with Gasteiger partial charge in [0.15, 0.2) is 5.17 Å². The van der Waals surface area contributed by atoms with Crippen LogP contribution in [0.1, 0.15) is 12.5 Å². The van der Waals surface area contributed by atoms with Gasteiger partial charge in [0.2, 0.25) is 5.91 Å². The summed E-state index contributed by atoms with van der Waals surface area (Å²) in [5.74, 6) is -0.650. The van der Waals surface area contributed by atoms with Crippen molar-refractivity contribution in [1.29, 1.82) is 0 Å². The number of anilines is 2. The SMILES string of the molecule is C[C@H](N)C(=O)Nc1ccc(Cl)c(NC2=NC(=O)/C(=C/c3ccc4ncccc4c3)S2)c1. The molecule has 0 spiro atoms. The zero-order chi connectivity index (χ0) is 22.0. The summed E-state index contributed by atoms with van der Waals surface area (Å²) in [5.41, 5.74) is 8.40. The van der Waals surface area contributed by atoms with Crippen molar-refractivity contribution in [3.63, 3.8) is 0 Å². The Bertz CT molecular complexity index is 1260. The van der Waals surface area contributed by atoms with E-state index in [1.165, 1.54) is 11.8 Å². The predicted molar refractivity (Wildman–Crippen MR) is 127 cm³/mol. The maximum atomic E-state index is 12.4. The normalized spacial score (nSPS) is 15.8. The number of hydrogen-bond donors (Lipinski definition) is 3. The maximum Gasteiger partial charge on any atom is 0.286 e. The number of benzene rings is 2. The highest BCUT2D eigenvalue weighted by Gasteiger charge is 2.23. The lowest BCUT2D eigenvalue weighted by Crippen LogP contribution is -2.32. The van der Waals surface area contributed by atoms with Crippen molar-refractivity contribution in [3.05, 3.63) is 70.2 Å². The van der Waals surface area contributed by atoms with Crippen LogP contribution in [0.2, 0.25) is 5.02 Å². The van der Waals surface area contributed by atoms with Gasteiger partial charge in [0, 0.05) is 17.3 Å². The van der Waals surface area contributed by atoms with Crippen LogP contribution in [-0.2, 0) is 9.59 Å². The summed E-state index contributed by atoms with van der Waals surface area (Å²) in [6.45, 7) is 1.60. The average molecular weight is 452 g/mol. The van der Waals surface area contributed by atoms with Crippen LogP contribution >= 0.6 is 23.4 Å². The fourth-order valence-electron chi connectivity index (χ4n) is 2.87. The van der Waals surface area contributed by atoms with Crippen LogP contribution in [0.25, 0.3) is 17.0 Å². The van der Waals surface area contributed by atoms with Crippen molar-refractivity contribution in [2.75, 3.05) is 10.6 Å². The van der Waals surface area contributed by atoms with Crippen molar-refractivity contribution in [2.45, 2.75) is 13.0 Å². The minimum Gasteiger partial charge on any atom is -0.333 e. The van der Waals surface area contributed by atoms with E-state index in [1.807, 2.05) is 30.3 Å². The Kier molecular flexibility index (Phi) is 6.03. The fourth-order valence-corrected chi connectivity index (χ4v) is 3.86. The zero-order valence-corrected chi connectivity index (χ0v) is 18.0. The monoisotopic (exact) mass is 451 g/mol. The number of nitrogens with one attached hydrogen (secondary N) is 2. The van der Waals surface area contributed by atoms with Crippen LogP contribution in [0, 0.1) is 0 Å². The van der Waals surface area contributed by atoms with E-state index in [9.17, 15) is 9.59 Å². The predicted octanol–water partition coefficient (Wildman–Crippen LogP) is 4.26. The van der Waals surface area contributed by atoms with E-state index in [4.69, 9.17) is 17.3 Å². The molecule has 0 saturated heterocycles. The van der Waals surface area contributed by atoms with E-state index in [0.717, 1.165) is 16.5 Å². The number of nitrogens with two attached hydrogens (primary N) is 1. The number of nitrogens with zero attached hydrogens (tertiary/aromatic N) is 2. The molecule has 4 N–H and O–H groups in total. The Balaban J connectivity index is 1.51. The Hall–Kier alpha value is -3.20. The number of pyridine rings is 1. The van der Waals surface area contributed by atoms with Crippen molar-refractivity contribution < 1.29 is 9.59 Å². The highest BCUT2D eigenvalue weighted by atomic mass is 35.5. The van der Waals surface area contributed by atoms with E-state index in [-0.39, 0.29) is 11.8 Å². The highest BCUT2D eigenvalue weighted by molar-refractivity contribution is 8.18. The number of carbonyl (C=O) groups is 2. The molecule has 4 rings (SSSR count). The van der Waals surface area contributed by atoms with Crippen molar-refractivity contribution in [1.82, 2.24) is 4.98 Å². The molecule has 1 aliphatic heterocycles. The van der Waals surface area contributed by atoms with Gasteiger partial charge in [-0.1, -0.05) is 23.7 Å². The van der Waals surface area contributed by atoms with Crippen LogP contribution in [0.5, 0.6) is 0 Å². The molecule has 0 bridgehead atoms. The Morgan fingerprint density at radius 3 is 2.87 bits per heavy atom. The zero-order valence-electron chi connectivity index (χ0n) is 16.4. The summed E-state index contributed by atoms with van der Waals surface area (Å²) in [7, 11) is 0. The molecule has 31 heavy (non-hydrogen) atoms. The quantitative estimate of drug-likeness (QED) is 0.511. The minimum absolute atomic E-state index is 0.313. The van der Waals surface area contributed by atoms with Crippen LogP contribution in [0.3, 0.4) is 0 Å². The summed E-state index contributed by atoms with van der Waals surface area (Å²) >= 11 is 7.48. The van der Waals surface area contributed by atoms with Gasteiger partial charge in [-0.05, 0) is 66.7 Å². The lowest BCUT2D eigenvalue weighted by atomic mass is 10.1. The van der Waals surface area contributed by atoms with Gasteiger partial charge in [-0.3, -0.25) is 14.6 Å². The molecule has 0 fully saturated rings. The van der Waals surface area contributed by atoms with Crippen molar-refractivity contribution in [3.8, 4) is 0 Å². The molecule has 9 heteroatoms. The first-order chi connectivity index (χ1) is 14.9. The molecule has 2 aromatic carbocycles. The van der Waals surface area contributed by atoms with Gasteiger partial charge in [0.05, 0.1) is 27.2 Å². The molecular formula is C22H18ClN5O2S. The number of rotatable bonds is 4. The van der Waals surface area contributed by atoms with Gasteiger partial charge in [-0.15, -0.1) is 0 Å². The molecular weight excluding hydrogens is 434 g/mol. The van der Waals surface area contributed by atoms with Gasteiger partial charge in [-0.25, -0.2) is 0 Å². The second kappa shape index (κ2) is 8.89. The standard InChI is InChI=1S/C22H18ClN5O2S/c1-12(24)20(29)26-15-5-6-16(23)18(11-15)27-22-28-21(30)19(31-22)10-13-4-7-17-14(9-13)3-2-8-25-17/h2-12H,24H2,1H3,(H,26,29)(H,27,28,30)/b19-10-/t12-/m0/s1. The van der Waals surface area contributed by atoms with Gasteiger partial charge < -0.3 is 16.4 Å². The fraction of sp³-hybridized carbons (Fsp3) is 0.0909. The van der Waals surface area contributed by atoms with Crippen LogP contribution in [0.15, 0.2) is 64.6 Å². The second-order valence-electron chi connectivity index (χ2n) is 6.89. The molecule has 1 atom stereocenters. The Labute approximate surface area is 187 Å². The van der Waals surface area contributed by atoms with Gasteiger partial charge in [-0.2, -0.15) is 4.99 Å². The number of hydrogen-bond acceptors (Lipinski definition) is 6. The minimum atomic E-state index is -0.641. The number of amidine groups is 1. The van der Waals surface area contributed by atoms with Crippen LogP contribution in [0.4, 0.5) is 11.4 Å². The lowest BCUT2D eigenvalue weighted by molar-refractivity contribution is -0.117. The highest BCUT2D eigenvalue weighted by Crippen LogP contribution is 2.32. The third kappa shape index (κ3) is 4.93. The van der Waals surface area contributed by atoms with Gasteiger partial charge in [0.25, 0.3) is 5.91 Å². The number of fused-ring (bicyclic) bond motifs is 1. The van der Waals surface area contributed by atoms with Crippen molar-refractivity contribution >= 4 is 68.7 Å². The molecule has 2 amide bonds. The second-order valence-corrected chi connectivity index (χ2v) is 8.32. The molecule has 3 aromatic rings. The first-order valence-electron chi connectivity index (χ1n) is 9.39. The summed E-state index contributed by atoms with van der Waals surface area (Å²) in [4.78, 5) is 33.1. The number of aromatic nitrogens is 1. The van der Waals surface area contributed by atoms with Crippen molar-refractivity contribution in [2.24, 2.45) is 10.7 Å². The van der Waals surface area contributed by atoms with E-state index < -0.39 is 6.04 Å². The summed E-state index contributed by atoms with van der Waals surface area (Å²) in [5, 5.41) is 7.57. The van der Waals surface area contributed by atoms with Crippen LogP contribution in [-0.4, -0.2) is 28.0 Å². The summed E-state index contributed by atoms with van der Waals surface area (Å²) in [6.07, 6.45) is 3.53. The average Bonchev–Trinajstić information content (AvgIpc) is 3.09. The number of halogens is 1. The Morgan fingerprint density at radius 2 is 2.06 bits per heavy atom. The number of thioether (sulfide) groups is 1. The third-order valence-corrected chi connectivity index (χ3v) is 5.66. The van der Waals surface area contributed by atoms with E-state index in [1.54, 1.807) is 37.4 Å². The topological polar surface area (TPSA) is 109 Å². The molecule has 7 nitrogen and oxygen atoms in total. The smallest absolute Gasteiger partial charge is 0.286 e. The van der Waals surface area contributed by atoms with E-state index in [2.05, 4.69) is 20.6 Å². The Morgan fingerprint density at radius 1 is 1.23 bits per heavy atom. The van der Waals surface area contributed by atoms with E-state index in [0.29, 0.717) is 26.5 Å². The van der Waals surface area contributed by atoms with Gasteiger partial charge in [0.1, 0.15) is 0 Å². The van der Waals surface area contributed by atoms with Crippen LogP contribution < -0.4 is 16.4 Å². The van der Waals surface area contributed by atoms with Gasteiger partial charge >= 0.3 is 0 Å². The molecule has 2 heterocycles. The largest absolute Gasteiger partial charge is 0.333 e.